The molecule has 2 amide bonds. The number of hydrogen-bond acceptors (Lipinski definition) is 4. The van der Waals surface area contributed by atoms with Crippen molar-refractivity contribution in [1.82, 2.24) is 15.1 Å². The van der Waals surface area contributed by atoms with E-state index in [9.17, 15) is 9.59 Å². The van der Waals surface area contributed by atoms with Crippen LogP contribution >= 0.6 is 0 Å². The second-order valence-electron chi connectivity index (χ2n) is 7.49. The fourth-order valence-corrected chi connectivity index (χ4v) is 2.08. The fraction of sp³-hybridized carbons (Fsp3) is 0.875. The van der Waals surface area contributed by atoms with E-state index in [4.69, 9.17) is 4.74 Å². The van der Waals surface area contributed by atoms with Gasteiger partial charge in [0.05, 0.1) is 0 Å². The van der Waals surface area contributed by atoms with Crippen molar-refractivity contribution in [1.29, 1.82) is 0 Å². The molecule has 0 saturated carbocycles. The van der Waals surface area contributed by atoms with Crippen LogP contribution in [0.15, 0.2) is 0 Å². The first-order valence-corrected chi connectivity index (χ1v) is 7.79. The summed E-state index contributed by atoms with van der Waals surface area (Å²) in [5.74, 6) is 0.328. The lowest BCUT2D eigenvalue weighted by molar-refractivity contribution is -0.122. The summed E-state index contributed by atoms with van der Waals surface area (Å²) < 4.78 is 5.23. The van der Waals surface area contributed by atoms with Gasteiger partial charge in [-0.1, -0.05) is 13.8 Å². The van der Waals surface area contributed by atoms with Gasteiger partial charge in [0.15, 0.2) is 0 Å². The Morgan fingerprint density at radius 1 is 1.14 bits per heavy atom. The predicted molar refractivity (Wildman–Crippen MR) is 88.8 cm³/mol. The molecule has 0 radical (unpaired) electrons. The summed E-state index contributed by atoms with van der Waals surface area (Å²) in [6, 6.07) is 0.0783. The maximum absolute atomic E-state index is 12.1. The Kier molecular flexibility index (Phi) is 8.45. The van der Waals surface area contributed by atoms with Crippen LogP contribution in [0.25, 0.3) is 0 Å². The average molecular weight is 315 g/mol. The Morgan fingerprint density at radius 3 is 2.09 bits per heavy atom. The third-order valence-corrected chi connectivity index (χ3v) is 2.79. The van der Waals surface area contributed by atoms with Crippen LogP contribution in [-0.4, -0.2) is 67.7 Å². The maximum atomic E-state index is 12.1. The second-order valence-corrected chi connectivity index (χ2v) is 7.49. The van der Waals surface area contributed by atoms with Crippen molar-refractivity contribution >= 4 is 12.0 Å². The summed E-state index contributed by atoms with van der Waals surface area (Å²) in [5, 5.41) is 3.00. The summed E-state index contributed by atoms with van der Waals surface area (Å²) in [6.07, 6.45) is 0.413. The van der Waals surface area contributed by atoms with Gasteiger partial charge < -0.3 is 19.9 Å². The molecule has 1 unspecified atom stereocenters. The normalized spacial score (nSPS) is 13.2. The van der Waals surface area contributed by atoms with Gasteiger partial charge in [0.2, 0.25) is 5.91 Å². The molecule has 0 fully saturated rings. The van der Waals surface area contributed by atoms with E-state index >= 15 is 0 Å². The molecule has 6 nitrogen and oxygen atoms in total. The van der Waals surface area contributed by atoms with Crippen LogP contribution in [0.4, 0.5) is 4.79 Å². The van der Waals surface area contributed by atoms with Gasteiger partial charge in [-0.25, -0.2) is 4.79 Å². The summed E-state index contributed by atoms with van der Waals surface area (Å²) in [5.41, 5.74) is -0.563. The minimum atomic E-state index is -0.563. The van der Waals surface area contributed by atoms with E-state index in [1.54, 1.807) is 27.8 Å². The molecule has 0 rings (SSSR count). The molecule has 130 valence electrons. The van der Waals surface area contributed by atoms with Crippen molar-refractivity contribution in [3.05, 3.63) is 0 Å². The summed E-state index contributed by atoms with van der Waals surface area (Å²) in [7, 11) is 5.52. The minimum Gasteiger partial charge on any atom is -0.444 e. The number of carbonyl (C=O) groups is 2. The zero-order valence-corrected chi connectivity index (χ0v) is 15.4. The number of amides is 2. The number of nitrogens with one attached hydrogen (secondary N) is 1. The van der Waals surface area contributed by atoms with E-state index in [2.05, 4.69) is 19.2 Å². The molecule has 1 atom stereocenters. The average Bonchev–Trinajstić information content (AvgIpc) is 2.23. The summed E-state index contributed by atoms with van der Waals surface area (Å²) in [4.78, 5) is 27.3. The SMILES string of the molecule is CC(C)CC(CN(C)C)NC(=O)CN(C)C(=O)OC(C)(C)C. The highest BCUT2D eigenvalue weighted by molar-refractivity contribution is 5.82. The maximum Gasteiger partial charge on any atom is 0.410 e. The lowest BCUT2D eigenvalue weighted by Gasteiger charge is -2.27. The molecule has 0 aliphatic rings. The second kappa shape index (κ2) is 8.98. The number of hydrogen-bond donors (Lipinski definition) is 1. The van der Waals surface area contributed by atoms with Gasteiger partial charge in [0.1, 0.15) is 12.1 Å². The highest BCUT2D eigenvalue weighted by Gasteiger charge is 2.22. The lowest BCUT2D eigenvalue weighted by atomic mass is 10.0. The number of nitrogens with zero attached hydrogens (tertiary/aromatic N) is 2. The monoisotopic (exact) mass is 315 g/mol. The Hall–Kier alpha value is -1.30. The van der Waals surface area contributed by atoms with Gasteiger partial charge in [-0.15, -0.1) is 0 Å². The first kappa shape index (κ1) is 20.7. The molecule has 0 bridgehead atoms. The largest absolute Gasteiger partial charge is 0.444 e. The van der Waals surface area contributed by atoms with Crippen molar-refractivity contribution in [2.24, 2.45) is 5.92 Å². The zero-order chi connectivity index (χ0) is 17.5. The molecule has 0 saturated heterocycles. The minimum absolute atomic E-state index is 0.00304. The van der Waals surface area contributed by atoms with Gasteiger partial charge in [0.25, 0.3) is 0 Å². The Bertz CT molecular complexity index is 352. The van der Waals surface area contributed by atoms with Crippen LogP contribution in [-0.2, 0) is 9.53 Å². The molecule has 0 aromatic carbocycles. The number of carbonyl (C=O) groups excluding carboxylic acids is 2. The van der Waals surface area contributed by atoms with Gasteiger partial charge in [-0.05, 0) is 47.2 Å². The molecular weight excluding hydrogens is 282 g/mol. The van der Waals surface area contributed by atoms with E-state index in [1.165, 1.54) is 4.90 Å². The highest BCUT2D eigenvalue weighted by Crippen LogP contribution is 2.09. The quantitative estimate of drug-likeness (QED) is 0.780. The van der Waals surface area contributed by atoms with Crippen LogP contribution in [0.3, 0.4) is 0 Å². The Labute approximate surface area is 135 Å². The van der Waals surface area contributed by atoms with E-state index < -0.39 is 11.7 Å². The van der Waals surface area contributed by atoms with Crippen LogP contribution in [0, 0.1) is 5.92 Å². The van der Waals surface area contributed by atoms with Gasteiger partial charge >= 0.3 is 6.09 Å². The molecule has 0 aromatic heterocycles. The van der Waals surface area contributed by atoms with Crippen LogP contribution in [0.2, 0.25) is 0 Å². The first-order chi connectivity index (χ1) is 9.90. The molecule has 6 heteroatoms. The molecule has 0 aliphatic carbocycles. The molecule has 0 aliphatic heterocycles. The molecule has 0 aromatic rings. The number of ether oxygens (including phenoxy) is 1. The standard InChI is InChI=1S/C16H33N3O3/c1-12(2)9-13(10-18(6)7)17-14(20)11-19(8)15(21)22-16(3,4)5/h12-13H,9-11H2,1-8H3,(H,17,20). The van der Waals surface area contributed by atoms with Crippen LogP contribution < -0.4 is 5.32 Å². The topological polar surface area (TPSA) is 61.9 Å². The predicted octanol–water partition coefficient (Wildman–Crippen LogP) is 1.95. The fourth-order valence-electron chi connectivity index (χ4n) is 2.08. The van der Waals surface area contributed by atoms with Crippen LogP contribution in [0.5, 0.6) is 0 Å². The summed E-state index contributed by atoms with van der Waals surface area (Å²) >= 11 is 0. The molecule has 22 heavy (non-hydrogen) atoms. The Balaban J connectivity index is 4.46. The Morgan fingerprint density at radius 2 is 1.68 bits per heavy atom. The van der Waals surface area contributed by atoms with E-state index in [1.807, 2.05) is 19.0 Å². The number of likely N-dealkylation sites (N-methyl/N-ethyl adjacent to an activating group) is 2. The van der Waals surface area contributed by atoms with Crippen molar-refractivity contribution in [3.63, 3.8) is 0 Å². The van der Waals surface area contributed by atoms with Crippen LogP contribution in [0.1, 0.15) is 41.0 Å². The highest BCUT2D eigenvalue weighted by atomic mass is 16.6. The first-order valence-electron chi connectivity index (χ1n) is 7.79. The third-order valence-electron chi connectivity index (χ3n) is 2.79. The lowest BCUT2D eigenvalue weighted by Crippen LogP contribution is -2.47. The molecule has 0 spiro atoms. The molecular formula is C16H33N3O3. The van der Waals surface area contributed by atoms with Gasteiger partial charge in [0, 0.05) is 19.6 Å². The summed E-state index contributed by atoms with van der Waals surface area (Å²) in [6.45, 7) is 10.4. The smallest absolute Gasteiger partial charge is 0.410 e. The number of rotatable bonds is 7. The van der Waals surface area contributed by atoms with Crippen molar-refractivity contribution in [2.45, 2.75) is 52.7 Å². The van der Waals surface area contributed by atoms with E-state index in [0.29, 0.717) is 5.92 Å². The van der Waals surface area contributed by atoms with Crippen molar-refractivity contribution in [2.75, 3.05) is 34.2 Å². The van der Waals surface area contributed by atoms with Crippen molar-refractivity contribution < 1.29 is 14.3 Å². The van der Waals surface area contributed by atoms with Gasteiger partial charge in [-0.2, -0.15) is 0 Å². The zero-order valence-electron chi connectivity index (χ0n) is 15.4. The van der Waals surface area contributed by atoms with Crippen molar-refractivity contribution in [3.8, 4) is 0 Å². The van der Waals surface area contributed by atoms with Gasteiger partial charge in [-0.3, -0.25) is 4.79 Å². The van der Waals surface area contributed by atoms with E-state index in [-0.39, 0.29) is 18.5 Å². The third kappa shape index (κ3) is 10.4. The van der Waals surface area contributed by atoms with E-state index in [0.717, 1.165) is 13.0 Å². The molecule has 0 heterocycles. The molecule has 1 N–H and O–H groups in total.